The second-order valence-corrected chi connectivity index (χ2v) is 3.02. The van der Waals surface area contributed by atoms with Gasteiger partial charge in [-0.25, -0.2) is 0 Å². The maximum atomic E-state index is 5.52. The number of hydrogen-bond acceptors (Lipinski definition) is 3. The first-order chi connectivity index (χ1) is 6.29. The molecule has 1 aromatic heterocycles. The highest BCUT2D eigenvalue weighted by Gasteiger charge is 2.02. The summed E-state index contributed by atoms with van der Waals surface area (Å²) in [5.74, 6) is 0.882. The van der Waals surface area contributed by atoms with Gasteiger partial charge in [-0.1, -0.05) is 19.1 Å². The average molecular weight is 195 g/mol. The van der Waals surface area contributed by atoms with E-state index >= 15 is 0 Å². The lowest BCUT2D eigenvalue weighted by molar-refractivity contribution is 0.315. The highest BCUT2D eigenvalue weighted by atomic mass is 32.1. The van der Waals surface area contributed by atoms with E-state index in [1.807, 2.05) is 13.0 Å². The van der Waals surface area contributed by atoms with Crippen molar-refractivity contribution >= 4 is 17.6 Å². The Morgan fingerprint density at radius 2 is 2.38 bits per heavy atom. The average Bonchev–Trinajstić information content (AvgIpc) is 2.16. The lowest BCUT2D eigenvalue weighted by Crippen LogP contribution is -2.00. The zero-order valence-corrected chi connectivity index (χ0v) is 8.73. The molecule has 0 unspecified atom stereocenters. The molecule has 1 rings (SSSR count). The largest absolute Gasteiger partial charge is 0.493 e. The normalized spacial score (nSPS) is 9.69. The van der Waals surface area contributed by atoms with Crippen molar-refractivity contribution in [3.63, 3.8) is 0 Å². The minimum atomic E-state index is 0.738. The van der Waals surface area contributed by atoms with Crippen molar-refractivity contribution in [3.05, 3.63) is 23.5 Å². The molecular weight excluding hydrogens is 182 g/mol. The quantitative estimate of drug-likeness (QED) is 0.689. The van der Waals surface area contributed by atoms with Crippen LogP contribution in [0.3, 0.4) is 0 Å². The lowest BCUT2D eigenvalue weighted by Gasteiger charge is -2.08. The fourth-order valence-electron chi connectivity index (χ4n) is 1.02. The summed E-state index contributed by atoms with van der Waals surface area (Å²) in [7, 11) is 0. The third-order valence-electron chi connectivity index (χ3n) is 1.77. The molecule has 13 heavy (non-hydrogen) atoms. The van der Waals surface area contributed by atoms with Crippen LogP contribution in [0.5, 0.6) is 5.75 Å². The van der Waals surface area contributed by atoms with Crippen LogP contribution in [-0.2, 0) is 0 Å². The molecule has 0 amide bonds. The Balaban J connectivity index is 2.87. The van der Waals surface area contributed by atoms with Gasteiger partial charge in [-0.2, -0.15) is 0 Å². The Labute approximate surface area is 83.9 Å². The molecule has 0 spiro atoms. The second-order valence-electron chi connectivity index (χ2n) is 2.79. The van der Waals surface area contributed by atoms with Gasteiger partial charge in [0.15, 0.2) is 0 Å². The van der Waals surface area contributed by atoms with Gasteiger partial charge in [0.2, 0.25) is 0 Å². The molecule has 3 heteroatoms. The third kappa shape index (κ3) is 2.49. The molecule has 0 saturated carbocycles. The maximum absolute atomic E-state index is 5.52. The molecule has 0 radical (unpaired) electrons. The van der Waals surface area contributed by atoms with Gasteiger partial charge in [0, 0.05) is 17.1 Å². The highest BCUT2D eigenvalue weighted by molar-refractivity contribution is 7.79. The summed E-state index contributed by atoms with van der Waals surface area (Å²) in [6, 6.07) is 1.87. The summed E-state index contributed by atoms with van der Waals surface area (Å²) >= 11 is 4.84. The van der Waals surface area contributed by atoms with Crippen LogP contribution in [0, 0.1) is 6.92 Å². The maximum Gasteiger partial charge on any atom is 0.125 e. The molecule has 2 nitrogen and oxygen atoms in total. The standard InChI is InChI=1S/C10H13NOS/c1-3-6-12-10-4-5-11-9(7-13)8(10)2/h4-5,7H,3,6H2,1-2H3. The predicted molar refractivity (Wildman–Crippen MR) is 57.5 cm³/mol. The van der Waals surface area contributed by atoms with Gasteiger partial charge in [-0.3, -0.25) is 4.98 Å². The SMILES string of the molecule is CCCOc1ccnc(C=S)c1C. The lowest BCUT2D eigenvalue weighted by atomic mass is 10.2. The highest BCUT2D eigenvalue weighted by Crippen LogP contribution is 2.18. The van der Waals surface area contributed by atoms with Gasteiger partial charge >= 0.3 is 0 Å². The molecule has 70 valence electrons. The Kier molecular flexibility index (Phi) is 3.83. The van der Waals surface area contributed by atoms with Gasteiger partial charge in [-0.05, 0) is 19.4 Å². The van der Waals surface area contributed by atoms with E-state index < -0.39 is 0 Å². The van der Waals surface area contributed by atoms with Crippen LogP contribution >= 0.6 is 12.2 Å². The number of hydrogen-bond donors (Lipinski definition) is 0. The Bertz CT molecular complexity index is 299. The molecular formula is C10H13NOS. The first-order valence-corrected chi connectivity index (χ1v) is 4.80. The minimum absolute atomic E-state index is 0.738. The number of aromatic nitrogens is 1. The van der Waals surface area contributed by atoms with E-state index in [9.17, 15) is 0 Å². The van der Waals surface area contributed by atoms with Crippen molar-refractivity contribution in [3.8, 4) is 5.75 Å². The van der Waals surface area contributed by atoms with Crippen LogP contribution in [0.25, 0.3) is 0 Å². The molecule has 0 bridgehead atoms. The summed E-state index contributed by atoms with van der Waals surface area (Å²) in [6.07, 6.45) is 2.73. The number of ether oxygens (including phenoxy) is 1. The van der Waals surface area contributed by atoms with Crippen LogP contribution in [0.1, 0.15) is 24.6 Å². The monoisotopic (exact) mass is 195 g/mol. The van der Waals surface area contributed by atoms with E-state index in [1.165, 1.54) is 0 Å². The van der Waals surface area contributed by atoms with Crippen molar-refractivity contribution in [2.75, 3.05) is 6.61 Å². The number of thiocarbonyl (C=S) groups is 1. The van der Waals surface area contributed by atoms with E-state index in [1.54, 1.807) is 11.6 Å². The van der Waals surface area contributed by atoms with Crippen LogP contribution in [-0.4, -0.2) is 17.0 Å². The zero-order valence-electron chi connectivity index (χ0n) is 7.91. The Morgan fingerprint density at radius 3 is 3.00 bits per heavy atom. The minimum Gasteiger partial charge on any atom is -0.493 e. The van der Waals surface area contributed by atoms with Crippen LogP contribution in [0.4, 0.5) is 0 Å². The summed E-state index contributed by atoms with van der Waals surface area (Å²) < 4.78 is 5.52. The Hall–Kier alpha value is -0.960. The van der Waals surface area contributed by atoms with E-state index in [-0.39, 0.29) is 0 Å². The molecule has 0 atom stereocenters. The number of rotatable bonds is 4. The van der Waals surface area contributed by atoms with Gasteiger partial charge in [0.25, 0.3) is 0 Å². The van der Waals surface area contributed by atoms with Crippen molar-refractivity contribution in [2.24, 2.45) is 0 Å². The number of nitrogens with zero attached hydrogens (tertiary/aromatic N) is 1. The van der Waals surface area contributed by atoms with Crippen molar-refractivity contribution < 1.29 is 4.74 Å². The Morgan fingerprint density at radius 1 is 1.62 bits per heavy atom. The van der Waals surface area contributed by atoms with Gasteiger partial charge in [0.05, 0.1) is 12.3 Å². The van der Waals surface area contributed by atoms with Gasteiger partial charge in [0.1, 0.15) is 5.75 Å². The smallest absolute Gasteiger partial charge is 0.125 e. The first-order valence-electron chi connectivity index (χ1n) is 4.33. The topological polar surface area (TPSA) is 22.1 Å². The summed E-state index contributed by atoms with van der Waals surface area (Å²) in [5.41, 5.74) is 1.84. The molecule has 0 aliphatic carbocycles. The summed E-state index contributed by atoms with van der Waals surface area (Å²) in [6.45, 7) is 4.79. The van der Waals surface area contributed by atoms with Crippen molar-refractivity contribution in [2.45, 2.75) is 20.3 Å². The number of pyridine rings is 1. The van der Waals surface area contributed by atoms with E-state index in [4.69, 9.17) is 17.0 Å². The molecule has 0 aromatic carbocycles. The van der Waals surface area contributed by atoms with Gasteiger partial charge < -0.3 is 4.74 Å². The molecule has 1 aromatic rings. The fraction of sp³-hybridized carbons (Fsp3) is 0.400. The third-order valence-corrected chi connectivity index (χ3v) is 1.99. The molecule has 0 N–H and O–H groups in total. The second kappa shape index (κ2) is 4.92. The van der Waals surface area contributed by atoms with E-state index in [2.05, 4.69) is 11.9 Å². The van der Waals surface area contributed by atoms with Crippen LogP contribution < -0.4 is 4.74 Å². The predicted octanol–water partition coefficient (Wildman–Crippen LogP) is 2.53. The molecule has 0 aliphatic rings. The van der Waals surface area contributed by atoms with Crippen molar-refractivity contribution in [1.82, 2.24) is 4.98 Å². The fourth-order valence-corrected chi connectivity index (χ4v) is 1.26. The van der Waals surface area contributed by atoms with Crippen LogP contribution in [0.15, 0.2) is 12.3 Å². The zero-order chi connectivity index (χ0) is 9.68. The van der Waals surface area contributed by atoms with Crippen molar-refractivity contribution in [1.29, 1.82) is 0 Å². The van der Waals surface area contributed by atoms with Crippen LogP contribution in [0.2, 0.25) is 0 Å². The summed E-state index contributed by atoms with van der Waals surface area (Å²) in [4.78, 5) is 4.13. The van der Waals surface area contributed by atoms with E-state index in [0.29, 0.717) is 0 Å². The van der Waals surface area contributed by atoms with E-state index in [0.717, 1.165) is 30.0 Å². The molecule has 0 saturated heterocycles. The molecule has 0 fully saturated rings. The van der Waals surface area contributed by atoms with Gasteiger partial charge in [-0.15, -0.1) is 0 Å². The molecule has 1 heterocycles. The summed E-state index contributed by atoms with van der Waals surface area (Å²) in [5, 5.41) is 1.58. The first kappa shape index (κ1) is 10.1. The molecule has 0 aliphatic heterocycles.